The Morgan fingerprint density at radius 1 is 1.10 bits per heavy atom. The number of piperidine rings is 1. The summed E-state index contributed by atoms with van der Waals surface area (Å²) in [5.41, 5.74) is 2.32. The van der Waals surface area contributed by atoms with Crippen molar-refractivity contribution >= 4 is 5.69 Å². The SMILES string of the molecule is Cc1cc(O)ccc1NC1CCCCC1C1CCCCN1. The van der Waals surface area contributed by atoms with Gasteiger partial charge in [-0.25, -0.2) is 0 Å². The summed E-state index contributed by atoms with van der Waals surface area (Å²) in [6.45, 7) is 3.25. The third-order valence-corrected chi connectivity index (χ3v) is 5.24. The molecule has 3 heteroatoms. The molecule has 3 rings (SSSR count). The van der Waals surface area contributed by atoms with Crippen LogP contribution in [0.3, 0.4) is 0 Å². The van der Waals surface area contributed by atoms with Crippen molar-refractivity contribution in [2.24, 2.45) is 5.92 Å². The minimum absolute atomic E-state index is 0.354. The number of nitrogens with one attached hydrogen (secondary N) is 2. The van der Waals surface area contributed by atoms with Crippen LogP contribution in [0.1, 0.15) is 50.5 Å². The fraction of sp³-hybridized carbons (Fsp3) is 0.667. The van der Waals surface area contributed by atoms with Gasteiger partial charge in [-0.05, 0) is 68.8 Å². The highest BCUT2D eigenvalue weighted by Crippen LogP contribution is 2.33. The topological polar surface area (TPSA) is 44.3 Å². The van der Waals surface area contributed by atoms with Crippen molar-refractivity contribution in [3.8, 4) is 5.75 Å². The molecule has 3 nitrogen and oxygen atoms in total. The molecule has 1 aromatic rings. The number of hydrogen-bond donors (Lipinski definition) is 3. The highest BCUT2D eigenvalue weighted by molar-refractivity contribution is 5.54. The molecular weight excluding hydrogens is 260 g/mol. The van der Waals surface area contributed by atoms with E-state index in [1.807, 2.05) is 12.1 Å². The minimum Gasteiger partial charge on any atom is -0.508 e. The van der Waals surface area contributed by atoms with Crippen molar-refractivity contribution in [2.75, 3.05) is 11.9 Å². The maximum atomic E-state index is 9.56. The first-order chi connectivity index (χ1) is 10.2. The minimum atomic E-state index is 0.354. The molecule has 21 heavy (non-hydrogen) atoms. The van der Waals surface area contributed by atoms with Gasteiger partial charge >= 0.3 is 0 Å². The third-order valence-electron chi connectivity index (χ3n) is 5.24. The first-order valence-corrected chi connectivity index (χ1v) is 8.53. The molecule has 3 atom stereocenters. The fourth-order valence-corrected chi connectivity index (χ4v) is 4.07. The Balaban J connectivity index is 1.71. The summed E-state index contributed by atoms with van der Waals surface area (Å²) < 4.78 is 0. The molecule has 1 aliphatic carbocycles. The second-order valence-electron chi connectivity index (χ2n) is 6.75. The molecular formula is C18H28N2O. The summed E-state index contributed by atoms with van der Waals surface area (Å²) in [7, 11) is 0. The van der Waals surface area contributed by atoms with Gasteiger partial charge in [0, 0.05) is 17.8 Å². The fourth-order valence-electron chi connectivity index (χ4n) is 4.07. The van der Waals surface area contributed by atoms with E-state index in [0.717, 1.165) is 11.5 Å². The van der Waals surface area contributed by atoms with E-state index in [-0.39, 0.29) is 0 Å². The van der Waals surface area contributed by atoms with Crippen LogP contribution in [0.2, 0.25) is 0 Å². The van der Waals surface area contributed by atoms with Crippen LogP contribution >= 0.6 is 0 Å². The Bertz CT molecular complexity index is 468. The monoisotopic (exact) mass is 288 g/mol. The Hall–Kier alpha value is -1.22. The second kappa shape index (κ2) is 6.69. The number of aromatic hydroxyl groups is 1. The number of phenolic OH excluding ortho intramolecular Hbond substituents is 1. The lowest BCUT2D eigenvalue weighted by atomic mass is 9.77. The Labute approximate surface area is 128 Å². The van der Waals surface area contributed by atoms with Crippen molar-refractivity contribution in [3.63, 3.8) is 0 Å². The van der Waals surface area contributed by atoms with Crippen LogP contribution in [-0.2, 0) is 0 Å². The molecule has 1 aromatic carbocycles. The largest absolute Gasteiger partial charge is 0.508 e. The van der Waals surface area contributed by atoms with Crippen LogP contribution in [0.25, 0.3) is 0 Å². The van der Waals surface area contributed by atoms with Crippen LogP contribution in [0.5, 0.6) is 5.75 Å². The van der Waals surface area contributed by atoms with Gasteiger partial charge in [0.2, 0.25) is 0 Å². The molecule has 0 amide bonds. The summed E-state index contributed by atoms with van der Waals surface area (Å²) >= 11 is 0. The predicted octanol–water partition coefficient (Wildman–Crippen LogP) is 3.81. The van der Waals surface area contributed by atoms with Crippen LogP contribution in [0.15, 0.2) is 18.2 Å². The number of aryl methyl sites for hydroxylation is 1. The standard InChI is InChI=1S/C18H28N2O/c1-13-12-14(21)9-10-16(13)20-18-8-3-2-6-15(18)17-7-4-5-11-19-17/h9-10,12,15,17-21H,2-8,11H2,1H3. The van der Waals surface area contributed by atoms with Gasteiger partial charge in [-0.3, -0.25) is 0 Å². The van der Waals surface area contributed by atoms with Crippen LogP contribution < -0.4 is 10.6 Å². The first kappa shape index (κ1) is 14.7. The van der Waals surface area contributed by atoms with Gasteiger partial charge in [0.25, 0.3) is 0 Å². The summed E-state index contributed by atoms with van der Waals surface area (Å²) in [6.07, 6.45) is 9.35. The van der Waals surface area contributed by atoms with Gasteiger partial charge < -0.3 is 15.7 Å². The molecule has 1 aliphatic heterocycles. The highest BCUT2D eigenvalue weighted by Gasteiger charge is 2.32. The highest BCUT2D eigenvalue weighted by atomic mass is 16.3. The van der Waals surface area contributed by atoms with E-state index in [1.165, 1.54) is 57.2 Å². The Morgan fingerprint density at radius 3 is 2.67 bits per heavy atom. The lowest BCUT2D eigenvalue weighted by Crippen LogP contribution is -2.48. The van der Waals surface area contributed by atoms with E-state index < -0.39 is 0 Å². The predicted molar refractivity (Wildman–Crippen MR) is 87.9 cm³/mol. The van der Waals surface area contributed by atoms with E-state index in [4.69, 9.17) is 0 Å². The quantitative estimate of drug-likeness (QED) is 0.741. The molecule has 116 valence electrons. The van der Waals surface area contributed by atoms with Crippen molar-refractivity contribution in [1.82, 2.24) is 5.32 Å². The molecule has 0 radical (unpaired) electrons. The van der Waals surface area contributed by atoms with Crippen LogP contribution in [0, 0.1) is 12.8 Å². The van der Waals surface area contributed by atoms with Crippen molar-refractivity contribution < 1.29 is 5.11 Å². The molecule has 0 spiro atoms. The number of hydrogen-bond acceptors (Lipinski definition) is 3. The van der Waals surface area contributed by atoms with Crippen molar-refractivity contribution in [1.29, 1.82) is 0 Å². The number of phenols is 1. The Kier molecular flexibility index (Phi) is 4.69. The summed E-state index contributed by atoms with van der Waals surface area (Å²) in [5.74, 6) is 1.10. The second-order valence-corrected chi connectivity index (χ2v) is 6.75. The normalized spacial score (nSPS) is 30.0. The van der Waals surface area contributed by atoms with Crippen LogP contribution in [-0.4, -0.2) is 23.7 Å². The molecule has 2 fully saturated rings. The average molecular weight is 288 g/mol. The summed E-state index contributed by atoms with van der Waals surface area (Å²) in [5, 5.41) is 17.1. The lowest BCUT2D eigenvalue weighted by Gasteiger charge is -2.40. The lowest BCUT2D eigenvalue weighted by molar-refractivity contribution is 0.217. The summed E-state index contributed by atoms with van der Waals surface area (Å²) in [4.78, 5) is 0. The van der Waals surface area contributed by atoms with Gasteiger partial charge in [-0.2, -0.15) is 0 Å². The molecule has 0 bridgehead atoms. The van der Waals surface area contributed by atoms with Gasteiger partial charge in [0.1, 0.15) is 5.75 Å². The van der Waals surface area contributed by atoms with Crippen LogP contribution in [0.4, 0.5) is 5.69 Å². The smallest absolute Gasteiger partial charge is 0.115 e. The van der Waals surface area contributed by atoms with Gasteiger partial charge in [-0.15, -0.1) is 0 Å². The first-order valence-electron chi connectivity index (χ1n) is 8.53. The van der Waals surface area contributed by atoms with Crippen molar-refractivity contribution in [2.45, 2.75) is 64.0 Å². The van der Waals surface area contributed by atoms with Gasteiger partial charge in [0.15, 0.2) is 0 Å². The third kappa shape index (κ3) is 3.52. The van der Waals surface area contributed by atoms with E-state index in [9.17, 15) is 5.11 Å². The molecule has 2 aliphatic rings. The van der Waals surface area contributed by atoms with E-state index >= 15 is 0 Å². The average Bonchev–Trinajstić information content (AvgIpc) is 2.51. The van der Waals surface area contributed by atoms with E-state index in [0.29, 0.717) is 17.8 Å². The van der Waals surface area contributed by atoms with Gasteiger partial charge in [0.05, 0.1) is 0 Å². The number of benzene rings is 1. The zero-order valence-electron chi connectivity index (χ0n) is 13.1. The zero-order valence-corrected chi connectivity index (χ0v) is 13.1. The molecule has 0 aromatic heterocycles. The number of anilines is 1. The van der Waals surface area contributed by atoms with E-state index in [1.54, 1.807) is 6.07 Å². The Morgan fingerprint density at radius 2 is 1.90 bits per heavy atom. The molecule has 1 saturated heterocycles. The summed E-state index contributed by atoms with van der Waals surface area (Å²) in [6, 6.07) is 6.90. The molecule has 1 heterocycles. The maximum absolute atomic E-state index is 9.56. The maximum Gasteiger partial charge on any atom is 0.115 e. The zero-order chi connectivity index (χ0) is 14.7. The van der Waals surface area contributed by atoms with Crippen molar-refractivity contribution in [3.05, 3.63) is 23.8 Å². The van der Waals surface area contributed by atoms with Gasteiger partial charge in [-0.1, -0.05) is 19.3 Å². The van der Waals surface area contributed by atoms with E-state index in [2.05, 4.69) is 17.6 Å². The molecule has 3 N–H and O–H groups in total. The number of rotatable bonds is 3. The molecule has 1 saturated carbocycles. The molecule has 3 unspecified atom stereocenters.